The summed E-state index contributed by atoms with van der Waals surface area (Å²) in [4.78, 5) is 13.7. The predicted octanol–water partition coefficient (Wildman–Crippen LogP) is 4.49. The van der Waals surface area contributed by atoms with E-state index in [0.29, 0.717) is 17.0 Å². The monoisotopic (exact) mass is 405 g/mol. The van der Waals surface area contributed by atoms with Gasteiger partial charge >= 0.3 is 0 Å². The van der Waals surface area contributed by atoms with Gasteiger partial charge in [-0.1, -0.05) is 15.9 Å². The van der Waals surface area contributed by atoms with Crippen molar-refractivity contribution < 1.29 is 4.79 Å². The van der Waals surface area contributed by atoms with Gasteiger partial charge in [0.2, 0.25) is 0 Å². The molecule has 1 N–H and O–H groups in total. The first-order chi connectivity index (χ1) is 8.56. The number of nitrogens with one attached hydrogen (secondary N) is 1. The zero-order chi connectivity index (χ0) is 13.1. The first kappa shape index (κ1) is 14.1. The summed E-state index contributed by atoms with van der Waals surface area (Å²) < 4.78 is 1.97. The lowest BCUT2D eigenvalue weighted by Crippen LogP contribution is -2.22. The Labute approximate surface area is 131 Å². The number of rotatable bonds is 3. The maximum atomic E-state index is 12.0. The van der Waals surface area contributed by atoms with Crippen LogP contribution in [0.5, 0.6) is 0 Å². The number of carbonyl (C=O) groups excluding carboxylic acids is 1. The standard InChI is InChI=1S/C12H9Br2NOS2/c13-7-1-3-9(10(17)5-7)12(16)15-6-8-2-4-11(14)18-8/h1-5,17H,6H2,(H,15,16). The third-order valence-electron chi connectivity index (χ3n) is 2.26. The highest BCUT2D eigenvalue weighted by Gasteiger charge is 2.09. The second kappa shape index (κ2) is 6.23. The number of thiol groups is 1. The molecular weight excluding hydrogens is 398 g/mol. The van der Waals surface area contributed by atoms with Gasteiger partial charge in [-0.3, -0.25) is 4.79 Å². The molecule has 0 fully saturated rings. The van der Waals surface area contributed by atoms with E-state index in [-0.39, 0.29) is 5.91 Å². The Balaban J connectivity index is 2.03. The number of halogens is 2. The van der Waals surface area contributed by atoms with Gasteiger partial charge in [0.1, 0.15) is 0 Å². The summed E-state index contributed by atoms with van der Waals surface area (Å²) in [6.45, 7) is 0.526. The molecule has 1 aromatic heterocycles. The van der Waals surface area contributed by atoms with Gasteiger partial charge in [0.25, 0.3) is 5.91 Å². The fraction of sp³-hybridized carbons (Fsp3) is 0.0833. The van der Waals surface area contributed by atoms with Crippen molar-refractivity contribution in [1.29, 1.82) is 0 Å². The SMILES string of the molecule is O=C(NCc1ccc(Br)s1)c1ccc(Br)cc1S. The molecule has 0 aliphatic heterocycles. The molecule has 0 radical (unpaired) electrons. The van der Waals surface area contributed by atoms with Crippen molar-refractivity contribution in [2.24, 2.45) is 0 Å². The molecule has 2 nitrogen and oxygen atoms in total. The van der Waals surface area contributed by atoms with E-state index in [1.165, 1.54) is 0 Å². The lowest BCUT2D eigenvalue weighted by Gasteiger charge is -2.06. The molecule has 0 bridgehead atoms. The summed E-state index contributed by atoms with van der Waals surface area (Å²) >= 11 is 12.6. The highest BCUT2D eigenvalue weighted by atomic mass is 79.9. The minimum Gasteiger partial charge on any atom is -0.347 e. The average Bonchev–Trinajstić information content (AvgIpc) is 2.72. The second-order valence-electron chi connectivity index (χ2n) is 3.55. The summed E-state index contributed by atoms with van der Waals surface area (Å²) in [5, 5.41) is 2.88. The molecule has 2 rings (SSSR count). The van der Waals surface area contributed by atoms with E-state index in [4.69, 9.17) is 0 Å². The summed E-state index contributed by atoms with van der Waals surface area (Å²) in [7, 11) is 0. The van der Waals surface area contributed by atoms with Crippen LogP contribution in [-0.4, -0.2) is 5.91 Å². The molecule has 0 aliphatic rings. The van der Waals surface area contributed by atoms with E-state index in [1.807, 2.05) is 18.2 Å². The molecule has 0 atom stereocenters. The first-order valence-electron chi connectivity index (χ1n) is 5.07. The minimum absolute atomic E-state index is 0.114. The molecule has 0 aliphatic carbocycles. The van der Waals surface area contributed by atoms with Gasteiger partial charge in [0.15, 0.2) is 0 Å². The normalized spacial score (nSPS) is 10.4. The molecule has 1 heterocycles. The molecule has 6 heteroatoms. The van der Waals surface area contributed by atoms with Crippen molar-refractivity contribution in [2.75, 3.05) is 0 Å². The van der Waals surface area contributed by atoms with Crippen LogP contribution < -0.4 is 5.32 Å². The van der Waals surface area contributed by atoms with E-state index < -0.39 is 0 Å². The molecule has 18 heavy (non-hydrogen) atoms. The van der Waals surface area contributed by atoms with Crippen LogP contribution in [0.4, 0.5) is 0 Å². The number of thiophene rings is 1. The lowest BCUT2D eigenvalue weighted by molar-refractivity contribution is 0.0948. The van der Waals surface area contributed by atoms with Crippen LogP contribution in [0.15, 0.2) is 43.5 Å². The van der Waals surface area contributed by atoms with Crippen LogP contribution in [0, 0.1) is 0 Å². The summed E-state index contributed by atoms with van der Waals surface area (Å²) in [6, 6.07) is 9.34. The summed E-state index contributed by atoms with van der Waals surface area (Å²) in [6.07, 6.45) is 0. The van der Waals surface area contributed by atoms with Crippen molar-refractivity contribution in [2.45, 2.75) is 11.4 Å². The van der Waals surface area contributed by atoms with E-state index in [1.54, 1.807) is 23.5 Å². The maximum Gasteiger partial charge on any atom is 0.252 e. The Bertz CT molecular complexity index is 583. The van der Waals surface area contributed by atoms with Crippen LogP contribution in [0.25, 0.3) is 0 Å². The van der Waals surface area contributed by atoms with E-state index in [0.717, 1.165) is 13.1 Å². The lowest BCUT2D eigenvalue weighted by atomic mass is 10.2. The average molecular weight is 407 g/mol. The van der Waals surface area contributed by atoms with Crippen LogP contribution in [-0.2, 0) is 6.54 Å². The predicted molar refractivity (Wildman–Crippen MR) is 84.6 cm³/mol. The van der Waals surface area contributed by atoms with Gasteiger partial charge in [-0.05, 0) is 46.3 Å². The van der Waals surface area contributed by atoms with Gasteiger partial charge in [0, 0.05) is 14.2 Å². The minimum atomic E-state index is -0.114. The highest BCUT2D eigenvalue weighted by molar-refractivity contribution is 9.11. The Morgan fingerprint density at radius 3 is 2.67 bits per heavy atom. The van der Waals surface area contributed by atoms with Gasteiger partial charge in [0.05, 0.1) is 15.9 Å². The van der Waals surface area contributed by atoms with E-state index in [9.17, 15) is 4.79 Å². The molecular formula is C12H9Br2NOS2. The third kappa shape index (κ3) is 3.60. The van der Waals surface area contributed by atoms with Crippen molar-refractivity contribution in [3.63, 3.8) is 0 Å². The van der Waals surface area contributed by atoms with Crippen LogP contribution in [0.1, 0.15) is 15.2 Å². The molecule has 94 valence electrons. The Morgan fingerprint density at radius 1 is 1.28 bits per heavy atom. The van der Waals surface area contributed by atoms with Crippen molar-refractivity contribution in [3.05, 3.63) is 49.0 Å². The summed E-state index contributed by atoms with van der Waals surface area (Å²) in [5.41, 5.74) is 0.581. The van der Waals surface area contributed by atoms with E-state index >= 15 is 0 Å². The van der Waals surface area contributed by atoms with Crippen molar-refractivity contribution in [3.8, 4) is 0 Å². The number of hydrogen-bond donors (Lipinski definition) is 2. The van der Waals surface area contributed by atoms with Gasteiger partial charge in [-0.15, -0.1) is 24.0 Å². The fourth-order valence-corrected chi connectivity index (χ4v) is 3.68. The van der Waals surface area contributed by atoms with Gasteiger partial charge in [-0.25, -0.2) is 0 Å². The van der Waals surface area contributed by atoms with Crippen molar-refractivity contribution in [1.82, 2.24) is 5.32 Å². The van der Waals surface area contributed by atoms with Crippen molar-refractivity contribution >= 4 is 61.7 Å². The zero-order valence-electron chi connectivity index (χ0n) is 9.11. The summed E-state index contributed by atoms with van der Waals surface area (Å²) in [5.74, 6) is -0.114. The maximum absolute atomic E-state index is 12.0. The second-order valence-corrected chi connectivity index (χ2v) is 7.50. The van der Waals surface area contributed by atoms with E-state index in [2.05, 4.69) is 49.8 Å². The molecule has 2 aromatic rings. The van der Waals surface area contributed by atoms with Crippen LogP contribution in [0.2, 0.25) is 0 Å². The number of carbonyl (C=O) groups is 1. The van der Waals surface area contributed by atoms with Crippen LogP contribution >= 0.6 is 55.8 Å². The number of benzene rings is 1. The molecule has 0 saturated carbocycles. The number of hydrogen-bond acceptors (Lipinski definition) is 3. The Hall–Kier alpha value is -0.300. The topological polar surface area (TPSA) is 29.1 Å². The molecule has 0 unspecified atom stereocenters. The Kier molecular flexibility index (Phi) is 4.89. The van der Waals surface area contributed by atoms with Gasteiger partial charge in [-0.2, -0.15) is 0 Å². The Morgan fingerprint density at radius 2 is 2.06 bits per heavy atom. The highest BCUT2D eigenvalue weighted by Crippen LogP contribution is 2.22. The smallest absolute Gasteiger partial charge is 0.252 e. The van der Waals surface area contributed by atoms with Crippen LogP contribution in [0.3, 0.4) is 0 Å². The molecule has 0 spiro atoms. The molecule has 1 amide bonds. The zero-order valence-corrected chi connectivity index (χ0v) is 14.0. The third-order valence-corrected chi connectivity index (χ3v) is 4.74. The largest absolute Gasteiger partial charge is 0.347 e. The molecule has 1 aromatic carbocycles. The molecule has 0 saturated heterocycles. The van der Waals surface area contributed by atoms with Gasteiger partial charge < -0.3 is 5.32 Å². The number of amides is 1. The first-order valence-corrected chi connectivity index (χ1v) is 7.92. The quantitative estimate of drug-likeness (QED) is 0.722. The fourth-order valence-electron chi connectivity index (χ4n) is 1.41.